The standard InChI is InChI=1S/C14H18N4O2S/c1-3-10-6-4-5-7-11(10)16-13(19)8-15-14-17-12(9-20-2)18-21-14/h4-7H,3,8-9H2,1-2H3,(H,16,19)(H,15,17,18). The number of hydrogen-bond donors (Lipinski definition) is 2. The first-order valence-electron chi connectivity index (χ1n) is 6.66. The van der Waals surface area contributed by atoms with Gasteiger partial charge >= 0.3 is 0 Å². The third-order valence-corrected chi connectivity index (χ3v) is 3.52. The Hall–Kier alpha value is -1.99. The Kier molecular flexibility index (Phi) is 5.65. The van der Waals surface area contributed by atoms with E-state index in [0.29, 0.717) is 17.6 Å². The predicted molar refractivity (Wildman–Crippen MR) is 83.6 cm³/mol. The molecule has 2 N–H and O–H groups in total. The summed E-state index contributed by atoms with van der Waals surface area (Å²) in [5.41, 5.74) is 1.97. The van der Waals surface area contributed by atoms with E-state index < -0.39 is 0 Å². The molecule has 21 heavy (non-hydrogen) atoms. The molecule has 0 bridgehead atoms. The summed E-state index contributed by atoms with van der Waals surface area (Å²) in [6.07, 6.45) is 0.876. The van der Waals surface area contributed by atoms with Gasteiger partial charge in [-0.3, -0.25) is 4.79 Å². The van der Waals surface area contributed by atoms with E-state index in [1.165, 1.54) is 11.5 Å². The molecule has 2 rings (SSSR count). The van der Waals surface area contributed by atoms with E-state index in [0.717, 1.165) is 17.7 Å². The molecule has 0 fully saturated rings. The van der Waals surface area contributed by atoms with Gasteiger partial charge in [0.1, 0.15) is 6.61 Å². The molecule has 1 aromatic heterocycles. The molecule has 1 amide bonds. The van der Waals surface area contributed by atoms with Crippen molar-refractivity contribution in [2.45, 2.75) is 20.0 Å². The van der Waals surface area contributed by atoms with E-state index in [-0.39, 0.29) is 12.5 Å². The van der Waals surface area contributed by atoms with Crippen molar-refractivity contribution in [3.63, 3.8) is 0 Å². The quantitative estimate of drug-likeness (QED) is 0.821. The van der Waals surface area contributed by atoms with Gasteiger partial charge in [0.2, 0.25) is 11.0 Å². The molecule has 0 saturated heterocycles. The lowest BCUT2D eigenvalue weighted by Crippen LogP contribution is -2.22. The Morgan fingerprint density at radius 3 is 2.95 bits per heavy atom. The van der Waals surface area contributed by atoms with Crippen LogP contribution >= 0.6 is 11.5 Å². The molecule has 0 aliphatic carbocycles. The van der Waals surface area contributed by atoms with E-state index in [4.69, 9.17) is 4.74 Å². The average molecular weight is 306 g/mol. The smallest absolute Gasteiger partial charge is 0.243 e. The minimum atomic E-state index is -0.112. The van der Waals surface area contributed by atoms with Crippen molar-refractivity contribution in [2.24, 2.45) is 0 Å². The van der Waals surface area contributed by atoms with Crippen LogP contribution in [-0.2, 0) is 22.6 Å². The van der Waals surface area contributed by atoms with Gasteiger partial charge in [0, 0.05) is 24.3 Å². The van der Waals surface area contributed by atoms with E-state index in [1.807, 2.05) is 24.3 Å². The van der Waals surface area contributed by atoms with Crippen LogP contribution < -0.4 is 10.6 Å². The monoisotopic (exact) mass is 306 g/mol. The highest BCUT2D eigenvalue weighted by atomic mass is 32.1. The van der Waals surface area contributed by atoms with Gasteiger partial charge in [0.05, 0.1) is 6.54 Å². The van der Waals surface area contributed by atoms with Crippen molar-refractivity contribution < 1.29 is 9.53 Å². The molecular weight excluding hydrogens is 288 g/mol. The molecular formula is C14H18N4O2S. The van der Waals surface area contributed by atoms with Crippen LogP contribution in [0.3, 0.4) is 0 Å². The largest absolute Gasteiger partial charge is 0.377 e. The van der Waals surface area contributed by atoms with Crippen LogP contribution in [0.25, 0.3) is 0 Å². The Labute approximate surface area is 127 Å². The summed E-state index contributed by atoms with van der Waals surface area (Å²) in [4.78, 5) is 16.1. The van der Waals surface area contributed by atoms with Gasteiger partial charge in [-0.25, -0.2) is 4.98 Å². The number of ether oxygens (including phenoxy) is 1. The van der Waals surface area contributed by atoms with Crippen molar-refractivity contribution >= 4 is 28.3 Å². The Bertz CT molecular complexity index is 600. The second kappa shape index (κ2) is 7.70. The van der Waals surface area contributed by atoms with Crippen molar-refractivity contribution in [1.29, 1.82) is 0 Å². The Morgan fingerprint density at radius 1 is 1.38 bits per heavy atom. The zero-order valence-corrected chi connectivity index (χ0v) is 12.9. The van der Waals surface area contributed by atoms with Gasteiger partial charge in [-0.2, -0.15) is 4.37 Å². The summed E-state index contributed by atoms with van der Waals surface area (Å²) >= 11 is 1.21. The molecule has 0 aliphatic heterocycles. The molecule has 0 atom stereocenters. The molecule has 0 radical (unpaired) electrons. The molecule has 1 aromatic carbocycles. The van der Waals surface area contributed by atoms with Crippen LogP contribution in [0, 0.1) is 0 Å². The molecule has 6 nitrogen and oxygen atoms in total. The lowest BCUT2D eigenvalue weighted by molar-refractivity contribution is -0.114. The number of rotatable bonds is 7. The Balaban J connectivity index is 1.86. The molecule has 0 saturated carbocycles. The number of aryl methyl sites for hydroxylation is 1. The first kappa shape index (κ1) is 15.4. The van der Waals surface area contributed by atoms with Gasteiger partial charge in [-0.05, 0) is 18.1 Å². The van der Waals surface area contributed by atoms with Gasteiger partial charge < -0.3 is 15.4 Å². The minimum Gasteiger partial charge on any atom is -0.377 e. The molecule has 0 aliphatic rings. The van der Waals surface area contributed by atoms with Crippen molar-refractivity contribution in [2.75, 3.05) is 24.3 Å². The van der Waals surface area contributed by atoms with Crippen LogP contribution in [0.1, 0.15) is 18.3 Å². The first-order valence-corrected chi connectivity index (χ1v) is 7.43. The van der Waals surface area contributed by atoms with Crippen molar-refractivity contribution in [3.8, 4) is 0 Å². The summed E-state index contributed by atoms with van der Waals surface area (Å²) in [6, 6.07) is 7.78. The summed E-state index contributed by atoms with van der Waals surface area (Å²) in [7, 11) is 1.59. The van der Waals surface area contributed by atoms with Gasteiger partial charge in [0.25, 0.3) is 0 Å². The fourth-order valence-corrected chi connectivity index (χ4v) is 2.38. The highest BCUT2D eigenvalue weighted by Crippen LogP contribution is 2.15. The summed E-state index contributed by atoms with van der Waals surface area (Å²) in [5.74, 6) is 0.501. The molecule has 112 valence electrons. The first-order chi connectivity index (χ1) is 10.2. The van der Waals surface area contributed by atoms with Gasteiger partial charge in [0.15, 0.2) is 5.82 Å². The average Bonchev–Trinajstić information content (AvgIpc) is 2.94. The van der Waals surface area contributed by atoms with Crippen molar-refractivity contribution in [3.05, 3.63) is 35.7 Å². The fraction of sp³-hybridized carbons (Fsp3) is 0.357. The van der Waals surface area contributed by atoms with Crippen LogP contribution in [-0.4, -0.2) is 28.9 Å². The second-order valence-corrected chi connectivity index (χ2v) is 5.11. The van der Waals surface area contributed by atoms with E-state index in [1.54, 1.807) is 7.11 Å². The molecule has 0 unspecified atom stereocenters. The molecule has 1 heterocycles. The number of anilines is 2. The van der Waals surface area contributed by atoms with Crippen molar-refractivity contribution in [1.82, 2.24) is 9.36 Å². The van der Waals surface area contributed by atoms with E-state index >= 15 is 0 Å². The van der Waals surface area contributed by atoms with Gasteiger partial charge in [-0.1, -0.05) is 25.1 Å². The maximum absolute atomic E-state index is 11.9. The summed E-state index contributed by atoms with van der Waals surface area (Å²) < 4.78 is 9.05. The van der Waals surface area contributed by atoms with Crippen LogP contribution in [0.15, 0.2) is 24.3 Å². The molecule has 7 heteroatoms. The predicted octanol–water partition coefficient (Wildman–Crippen LogP) is 2.30. The lowest BCUT2D eigenvalue weighted by atomic mass is 10.1. The zero-order valence-electron chi connectivity index (χ0n) is 12.0. The SMILES string of the molecule is CCc1ccccc1NC(=O)CNc1nc(COC)ns1. The zero-order chi connectivity index (χ0) is 15.1. The number of para-hydroxylation sites is 1. The topological polar surface area (TPSA) is 76.1 Å². The molecule has 0 spiro atoms. The fourth-order valence-electron chi connectivity index (χ4n) is 1.81. The maximum atomic E-state index is 11.9. The minimum absolute atomic E-state index is 0.112. The van der Waals surface area contributed by atoms with E-state index in [9.17, 15) is 4.79 Å². The normalized spacial score (nSPS) is 10.4. The maximum Gasteiger partial charge on any atom is 0.243 e. The lowest BCUT2D eigenvalue weighted by Gasteiger charge is -2.09. The van der Waals surface area contributed by atoms with Crippen LogP contribution in [0.2, 0.25) is 0 Å². The number of hydrogen-bond acceptors (Lipinski definition) is 6. The highest BCUT2D eigenvalue weighted by Gasteiger charge is 2.08. The molecule has 2 aromatic rings. The third-order valence-electron chi connectivity index (χ3n) is 2.81. The number of nitrogens with zero attached hydrogens (tertiary/aromatic N) is 2. The summed E-state index contributed by atoms with van der Waals surface area (Å²) in [6.45, 7) is 2.58. The van der Waals surface area contributed by atoms with Gasteiger partial charge in [-0.15, -0.1) is 0 Å². The van der Waals surface area contributed by atoms with Crippen LogP contribution in [0.5, 0.6) is 0 Å². The number of aromatic nitrogens is 2. The number of benzene rings is 1. The number of nitrogens with one attached hydrogen (secondary N) is 2. The number of carbonyl (C=O) groups excluding carboxylic acids is 1. The number of methoxy groups -OCH3 is 1. The van der Waals surface area contributed by atoms with Crippen LogP contribution in [0.4, 0.5) is 10.8 Å². The number of carbonyl (C=O) groups is 1. The third kappa shape index (κ3) is 4.51. The van der Waals surface area contributed by atoms with E-state index in [2.05, 4.69) is 26.9 Å². The highest BCUT2D eigenvalue weighted by molar-refractivity contribution is 7.09. The second-order valence-electron chi connectivity index (χ2n) is 4.36. The summed E-state index contributed by atoms with van der Waals surface area (Å²) in [5, 5.41) is 6.46. The number of amides is 1. The Morgan fingerprint density at radius 2 is 2.19 bits per heavy atom.